The van der Waals surface area contributed by atoms with Crippen molar-refractivity contribution in [1.82, 2.24) is 9.80 Å². The quantitative estimate of drug-likeness (QED) is 0.413. The number of hydrogen-bond acceptors (Lipinski definition) is 5. The van der Waals surface area contributed by atoms with Crippen LogP contribution in [-0.2, 0) is 9.59 Å². The molecule has 0 radical (unpaired) electrons. The van der Waals surface area contributed by atoms with Crippen molar-refractivity contribution in [2.24, 2.45) is 5.92 Å². The Morgan fingerprint density at radius 3 is 2.14 bits per heavy atom. The minimum atomic E-state index is -0.430. The lowest BCUT2D eigenvalue weighted by Gasteiger charge is -2.35. The number of benzene rings is 1. The van der Waals surface area contributed by atoms with Crippen molar-refractivity contribution >= 4 is 29.3 Å². The van der Waals surface area contributed by atoms with Crippen LogP contribution in [0.25, 0.3) is 0 Å². The van der Waals surface area contributed by atoms with E-state index < -0.39 is 4.92 Å². The van der Waals surface area contributed by atoms with Crippen LogP contribution >= 0.6 is 11.8 Å². The zero-order chi connectivity index (χ0) is 20.8. The summed E-state index contributed by atoms with van der Waals surface area (Å²) in [5.74, 6) is 0.371. The number of hydrogen-bond donors (Lipinski definition) is 0. The highest BCUT2D eigenvalue weighted by atomic mass is 32.2. The lowest BCUT2D eigenvalue weighted by atomic mass is 9.95. The normalized spacial score (nSPS) is 19.5. The van der Waals surface area contributed by atoms with Gasteiger partial charge in [0.05, 0.1) is 10.2 Å². The summed E-state index contributed by atoms with van der Waals surface area (Å²) in [7, 11) is 0. The standard InChI is InChI=1S/C21H29N3O4S/c1-16(29-19-8-6-18(7-9-19)24(27)28)20(25)23-14-10-17(11-15-23)21(26)22-12-4-2-3-5-13-22/h6-9,16-17H,2-5,10-15H2,1H3/t16-/m1/s1. The van der Waals surface area contributed by atoms with Crippen molar-refractivity contribution in [3.8, 4) is 0 Å². The Labute approximate surface area is 176 Å². The molecule has 0 aliphatic carbocycles. The van der Waals surface area contributed by atoms with Gasteiger partial charge in [-0.1, -0.05) is 12.8 Å². The number of amides is 2. The van der Waals surface area contributed by atoms with E-state index in [1.165, 1.54) is 36.7 Å². The predicted molar refractivity (Wildman–Crippen MR) is 113 cm³/mol. The van der Waals surface area contributed by atoms with Crippen LogP contribution in [0.4, 0.5) is 5.69 Å². The summed E-state index contributed by atoms with van der Waals surface area (Å²) in [4.78, 5) is 40.7. The maximum atomic E-state index is 12.8. The number of non-ortho nitro benzene ring substituents is 1. The summed E-state index contributed by atoms with van der Waals surface area (Å²) >= 11 is 1.41. The number of carbonyl (C=O) groups excluding carboxylic acids is 2. The molecule has 29 heavy (non-hydrogen) atoms. The van der Waals surface area contributed by atoms with Gasteiger partial charge in [0, 0.05) is 49.1 Å². The molecular weight excluding hydrogens is 390 g/mol. The van der Waals surface area contributed by atoms with Crippen molar-refractivity contribution in [3.63, 3.8) is 0 Å². The van der Waals surface area contributed by atoms with Crippen LogP contribution in [0.3, 0.4) is 0 Å². The van der Waals surface area contributed by atoms with Crippen LogP contribution in [0.15, 0.2) is 29.2 Å². The smallest absolute Gasteiger partial charge is 0.269 e. The molecule has 1 atom stereocenters. The van der Waals surface area contributed by atoms with Gasteiger partial charge in [0.2, 0.25) is 11.8 Å². The zero-order valence-electron chi connectivity index (χ0n) is 16.9. The monoisotopic (exact) mass is 419 g/mol. The van der Waals surface area contributed by atoms with Gasteiger partial charge in [-0.15, -0.1) is 11.8 Å². The van der Waals surface area contributed by atoms with Crippen LogP contribution < -0.4 is 0 Å². The molecule has 2 heterocycles. The third-order valence-corrected chi connectivity index (χ3v) is 6.88. The van der Waals surface area contributed by atoms with Crippen LogP contribution in [0, 0.1) is 16.0 Å². The molecule has 2 amide bonds. The van der Waals surface area contributed by atoms with Gasteiger partial charge in [-0.2, -0.15) is 0 Å². The molecule has 0 N–H and O–H groups in total. The molecule has 8 heteroatoms. The van der Waals surface area contributed by atoms with E-state index in [0.717, 1.165) is 43.7 Å². The molecule has 158 valence electrons. The van der Waals surface area contributed by atoms with E-state index in [1.54, 1.807) is 12.1 Å². The van der Waals surface area contributed by atoms with Crippen LogP contribution in [-0.4, -0.2) is 58.0 Å². The molecule has 0 bridgehead atoms. The molecule has 3 rings (SSSR count). The van der Waals surface area contributed by atoms with Crippen molar-refractivity contribution < 1.29 is 14.5 Å². The first-order chi connectivity index (χ1) is 14.0. The number of piperidine rings is 1. The Kier molecular flexibility index (Phi) is 7.52. The SMILES string of the molecule is C[C@@H](Sc1ccc([N+](=O)[O-])cc1)C(=O)N1CCC(C(=O)N2CCCCCC2)CC1. The average molecular weight is 420 g/mol. The highest BCUT2D eigenvalue weighted by molar-refractivity contribution is 8.00. The fourth-order valence-electron chi connectivity index (χ4n) is 4.05. The summed E-state index contributed by atoms with van der Waals surface area (Å²) in [5, 5.41) is 10.5. The van der Waals surface area contributed by atoms with E-state index in [0.29, 0.717) is 13.1 Å². The summed E-state index contributed by atoms with van der Waals surface area (Å²) in [6.45, 7) is 4.85. The number of thioether (sulfide) groups is 1. The molecule has 0 spiro atoms. The molecule has 0 unspecified atom stereocenters. The number of rotatable bonds is 5. The van der Waals surface area contributed by atoms with Crippen molar-refractivity contribution in [1.29, 1.82) is 0 Å². The van der Waals surface area contributed by atoms with Gasteiger partial charge in [-0.25, -0.2) is 0 Å². The van der Waals surface area contributed by atoms with E-state index in [9.17, 15) is 19.7 Å². The molecule has 7 nitrogen and oxygen atoms in total. The highest BCUT2D eigenvalue weighted by Gasteiger charge is 2.32. The van der Waals surface area contributed by atoms with Gasteiger partial charge in [0.15, 0.2) is 0 Å². The summed E-state index contributed by atoms with van der Waals surface area (Å²) in [5.41, 5.74) is 0.0458. The van der Waals surface area contributed by atoms with Crippen LogP contribution in [0.1, 0.15) is 45.4 Å². The van der Waals surface area contributed by atoms with Crippen molar-refractivity contribution in [2.75, 3.05) is 26.2 Å². The molecule has 2 aliphatic heterocycles. The van der Waals surface area contributed by atoms with E-state index in [1.807, 2.05) is 16.7 Å². The average Bonchev–Trinajstić information content (AvgIpc) is 3.02. The largest absolute Gasteiger partial charge is 0.342 e. The van der Waals surface area contributed by atoms with Gasteiger partial charge >= 0.3 is 0 Å². The van der Waals surface area contributed by atoms with Crippen LogP contribution in [0.5, 0.6) is 0 Å². The molecule has 1 aromatic carbocycles. The molecule has 0 aromatic heterocycles. The summed E-state index contributed by atoms with van der Waals surface area (Å²) in [6, 6.07) is 6.27. The summed E-state index contributed by atoms with van der Waals surface area (Å²) < 4.78 is 0. The molecule has 2 saturated heterocycles. The second-order valence-corrected chi connectivity index (χ2v) is 9.26. The van der Waals surface area contributed by atoms with E-state index >= 15 is 0 Å². The second kappa shape index (κ2) is 10.1. The lowest BCUT2D eigenvalue weighted by Crippen LogP contribution is -2.46. The Balaban J connectivity index is 1.48. The first kappa shape index (κ1) is 21.6. The van der Waals surface area contributed by atoms with Gasteiger partial charge < -0.3 is 9.80 Å². The fourth-order valence-corrected chi connectivity index (χ4v) is 5.01. The van der Waals surface area contributed by atoms with E-state index in [-0.39, 0.29) is 28.7 Å². The Morgan fingerprint density at radius 1 is 1.00 bits per heavy atom. The highest BCUT2D eigenvalue weighted by Crippen LogP contribution is 2.28. The molecule has 0 saturated carbocycles. The number of nitrogens with zero attached hydrogens (tertiary/aromatic N) is 3. The lowest BCUT2D eigenvalue weighted by molar-refractivity contribution is -0.384. The minimum absolute atomic E-state index is 0.0368. The van der Waals surface area contributed by atoms with Crippen LogP contribution in [0.2, 0.25) is 0 Å². The summed E-state index contributed by atoms with van der Waals surface area (Å²) in [6.07, 6.45) is 6.08. The van der Waals surface area contributed by atoms with Gasteiger partial charge in [-0.3, -0.25) is 19.7 Å². The Hall–Kier alpha value is -2.09. The first-order valence-corrected chi connectivity index (χ1v) is 11.3. The van der Waals surface area contributed by atoms with E-state index in [4.69, 9.17) is 0 Å². The number of carbonyl (C=O) groups is 2. The Morgan fingerprint density at radius 2 is 1.59 bits per heavy atom. The molecule has 1 aromatic rings. The molecule has 2 fully saturated rings. The van der Waals surface area contributed by atoms with Gasteiger partial charge in [0.1, 0.15) is 0 Å². The first-order valence-electron chi connectivity index (χ1n) is 10.4. The minimum Gasteiger partial charge on any atom is -0.342 e. The number of nitro benzene ring substituents is 1. The maximum absolute atomic E-state index is 12.8. The number of nitro groups is 1. The second-order valence-electron chi connectivity index (χ2n) is 7.85. The maximum Gasteiger partial charge on any atom is 0.269 e. The number of likely N-dealkylation sites (tertiary alicyclic amines) is 2. The van der Waals surface area contributed by atoms with Gasteiger partial charge in [-0.05, 0) is 44.7 Å². The van der Waals surface area contributed by atoms with Crippen molar-refractivity contribution in [2.45, 2.75) is 55.6 Å². The Bertz CT molecular complexity index is 724. The molecular formula is C21H29N3O4S. The third kappa shape index (κ3) is 5.72. The predicted octanol–water partition coefficient (Wildman–Crippen LogP) is 3.72. The van der Waals surface area contributed by atoms with Gasteiger partial charge in [0.25, 0.3) is 5.69 Å². The fraction of sp³-hybridized carbons (Fsp3) is 0.619. The third-order valence-electron chi connectivity index (χ3n) is 5.78. The van der Waals surface area contributed by atoms with E-state index in [2.05, 4.69) is 0 Å². The topological polar surface area (TPSA) is 83.8 Å². The van der Waals surface area contributed by atoms with Crippen molar-refractivity contribution in [3.05, 3.63) is 34.4 Å². The zero-order valence-corrected chi connectivity index (χ0v) is 17.7. The molecule has 2 aliphatic rings.